The fraction of sp³-hybridized carbons (Fsp3) is 0.222. The standard InChI is InChI=1S/C18H21FN4O4S/c1-12(13-3-7-15(8-4-13)22-18(20)25)21-17(24)11-23(2)28(26,27)16-9-5-14(19)6-10-16/h3-10,12H,11H2,1-2H3,(H,21,24)(H3,20,22,25). The summed E-state index contributed by atoms with van der Waals surface area (Å²) in [5.41, 5.74) is 6.31. The molecule has 0 aliphatic heterocycles. The molecular weight excluding hydrogens is 387 g/mol. The molecule has 0 heterocycles. The Balaban J connectivity index is 1.98. The van der Waals surface area contributed by atoms with E-state index in [1.54, 1.807) is 31.2 Å². The molecule has 0 radical (unpaired) electrons. The van der Waals surface area contributed by atoms with E-state index in [4.69, 9.17) is 5.73 Å². The van der Waals surface area contributed by atoms with Crippen LogP contribution in [0, 0.1) is 5.82 Å². The summed E-state index contributed by atoms with van der Waals surface area (Å²) >= 11 is 0. The highest BCUT2D eigenvalue weighted by atomic mass is 32.2. The number of urea groups is 1. The third kappa shape index (κ3) is 5.51. The largest absolute Gasteiger partial charge is 0.351 e. The first-order chi connectivity index (χ1) is 13.1. The van der Waals surface area contributed by atoms with E-state index >= 15 is 0 Å². The van der Waals surface area contributed by atoms with E-state index in [0.29, 0.717) is 5.69 Å². The van der Waals surface area contributed by atoms with Crippen molar-refractivity contribution in [3.8, 4) is 0 Å². The first-order valence-corrected chi connectivity index (χ1v) is 9.71. The number of primary amides is 1. The van der Waals surface area contributed by atoms with Gasteiger partial charge in [-0.3, -0.25) is 4.79 Å². The lowest BCUT2D eigenvalue weighted by atomic mass is 10.1. The summed E-state index contributed by atoms with van der Waals surface area (Å²) in [6.07, 6.45) is 0. The van der Waals surface area contributed by atoms with Gasteiger partial charge in [-0.15, -0.1) is 0 Å². The summed E-state index contributed by atoms with van der Waals surface area (Å²) in [6.45, 7) is 1.34. The Morgan fingerprint density at radius 3 is 2.21 bits per heavy atom. The number of nitrogens with one attached hydrogen (secondary N) is 2. The maximum absolute atomic E-state index is 13.0. The molecule has 0 bridgehead atoms. The molecule has 1 unspecified atom stereocenters. The zero-order valence-electron chi connectivity index (χ0n) is 15.3. The van der Waals surface area contributed by atoms with E-state index in [9.17, 15) is 22.4 Å². The van der Waals surface area contributed by atoms with Crippen LogP contribution >= 0.6 is 0 Å². The minimum atomic E-state index is -3.91. The smallest absolute Gasteiger partial charge is 0.316 e. The summed E-state index contributed by atoms with van der Waals surface area (Å²) in [5, 5.41) is 5.13. The van der Waals surface area contributed by atoms with E-state index in [-0.39, 0.29) is 4.90 Å². The zero-order valence-corrected chi connectivity index (χ0v) is 16.2. The third-order valence-corrected chi connectivity index (χ3v) is 5.76. The van der Waals surface area contributed by atoms with Gasteiger partial charge in [0.15, 0.2) is 0 Å². The van der Waals surface area contributed by atoms with Crippen molar-refractivity contribution in [1.29, 1.82) is 0 Å². The van der Waals surface area contributed by atoms with Crippen LogP contribution in [0.4, 0.5) is 14.9 Å². The van der Waals surface area contributed by atoms with E-state index in [1.807, 2.05) is 0 Å². The number of benzene rings is 2. The molecule has 8 nitrogen and oxygen atoms in total. The monoisotopic (exact) mass is 408 g/mol. The molecule has 28 heavy (non-hydrogen) atoms. The van der Waals surface area contributed by atoms with E-state index in [1.165, 1.54) is 7.05 Å². The van der Waals surface area contributed by atoms with Crippen LogP contribution in [-0.2, 0) is 14.8 Å². The van der Waals surface area contributed by atoms with Gasteiger partial charge in [0.25, 0.3) is 0 Å². The normalized spacial score (nSPS) is 12.4. The van der Waals surface area contributed by atoms with Gasteiger partial charge >= 0.3 is 6.03 Å². The third-order valence-electron chi connectivity index (χ3n) is 3.94. The van der Waals surface area contributed by atoms with Gasteiger partial charge < -0.3 is 16.4 Å². The molecule has 4 N–H and O–H groups in total. The molecule has 0 aliphatic rings. The maximum atomic E-state index is 13.0. The number of sulfonamides is 1. The second kappa shape index (κ2) is 8.81. The fourth-order valence-electron chi connectivity index (χ4n) is 2.44. The van der Waals surface area contributed by atoms with Crippen molar-refractivity contribution in [2.24, 2.45) is 5.73 Å². The van der Waals surface area contributed by atoms with Crippen molar-refractivity contribution in [3.05, 3.63) is 59.9 Å². The van der Waals surface area contributed by atoms with Crippen molar-refractivity contribution >= 4 is 27.6 Å². The predicted octanol–water partition coefficient (Wildman–Crippen LogP) is 1.81. The summed E-state index contributed by atoms with van der Waals surface area (Å²) in [5.74, 6) is -1.05. The van der Waals surface area contributed by atoms with Crippen molar-refractivity contribution < 1.29 is 22.4 Å². The van der Waals surface area contributed by atoms with E-state index in [0.717, 1.165) is 34.1 Å². The number of hydrogen-bond donors (Lipinski definition) is 3. The van der Waals surface area contributed by atoms with E-state index in [2.05, 4.69) is 10.6 Å². The number of nitrogens with zero attached hydrogens (tertiary/aromatic N) is 1. The Labute approximate surface area is 162 Å². The average molecular weight is 408 g/mol. The number of carbonyl (C=O) groups is 2. The lowest BCUT2D eigenvalue weighted by Crippen LogP contribution is -2.39. The van der Waals surface area contributed by atoms with Gasteiger partial charge in [-0.25, -0.2) is 17.6 Å². The van der Waals surface area contributed by atoms with Crippen molar-refractivity contribution in [1.82, 2.24) is 9.62 Å². The number of hydrogen-bond acceptors (Lipinski definition) is 4. The first kappa shape index (κ1) is 21.3. The number of carbonyl (C=O) groups excluding carboxylic acids is 2. The Morgan fingerprint density at radius 2 is 1.68 bits per heavy atom. The molecule has 0 saturated carbocycles. The predicted molar refractivity (Wildman–Crippen MR) is 102 cm³/mol. The van der Waals surface area contributed by atoms with Crippen LogP contribution in [0.3, 0.4) is 0 Å². The number of halogens is 1. The molecule has 0 aliphatic carbocycles. The fourth-order valence-corrected chi connectivity index (χ4v) is 3.57. The minimum Gasteiger partial charge on any atom is -0.351 e. The first-order valence-electron chi connectivity index (χ1n) is 8.27. The van der Waals surface area contributed by atoms with Gasteiger partial charge in [-0.1, -0.05) is 12.1 Å². The van der Waals surface area contributed by atoms with E-state index < -0.39 is 40.4 Å². The lowest BCUT2D eigenvalue weighted by molar-refractivity contribution is -0.121. The molecule has 0 saturated heterocycles. The van der Waals surface area contributed by atoms with Crippen molar-refractivity contribution in [2.75, 3.05) is 18.9 Å². The van der Waals surface area contributed by atoms with Gasteiger partial charge in [0.2, 0.25) is 15.9 Å². The van der Waals surface area contributed by atoms with Crippen LogP contribution in [0.25, 0.3) is 0 Å². The molecule has 150 valence electrons. The van der Waals surface area contributed by atoms with Crippen LogP contribution in [0.15, 0.2) is 53.4 Å². The summed E-state index contributed by atoms with van der Waals surface area (Å²) in [7, 11) is -2.64. The molecule has 2 rings (SSSR count). The quantitative estimate of drug-likeness (QED) is 0.647. The van der Waals surface area contributed by atoms with Crippen molar-refractivity contribution in [3.63, 3.8) is 0 Å². The number of amides is 3. The molecule has 0 fully saturated rings. The highest BCUT2D eigenvalue weighted by Crippen LogP contribution is 2.17. The van der Waals surface area contributed by atoms with Crippen molar-refractivity contribution in [2.45, 2.75) is 17.9 Å². The summed E-state index contributed by atoms with van der Waals surface area (Å²) in [6, 6.07) is 9.97. The topological polar surface area (TPSA) is 122 Å². The number of nitrogens with two attached hydrogens (primary N) is 1. The number of likely N-dealkylation sites (N-methyl/N-ethyl adjacent to an activating group) is 1. The van der Waals surface area contributed by atoms with Crippen LogP contribution < -0.4 is 16.4 Å². The van der Waals surface area contributed by atoms with Crippen LogP contribution in [0.5, 0.6) is 0 Å². The Hall–Kier alpha value is -2.98. The highest BCUT2D eigenvalue weighted by molar-refractivity contribution is 7.89. The molecule has 0 spiro atoms. The van der Waals surface area contributed by atoms with Crippen LogP contribution in [0.1, 0.15) is 18.5 Å². The molecule has 10 heteroatoms. The van der Waals surface area contributed by atoms with Gasteiger partial charge in [0, 0.05) is 12.7 Å². The van der Waals surface area contributed by atoms with Gasteiger partial charge in [0.1, 0.15) is 5.82 Å². The summed E-state index contributed by atoms with van der Waals surface area (Å²) < 4.78 is 38.7. The average Bonchev–Trinajstić information content (AvgIpc) is 2.62. The van der Waals surface area contributed by atoms with Gasteiger partial charge in [0.05, 0.1) is 17.5 Å². The highest BCUT2D eigenvalue weighted by Gasteiger charge is 2.23. The Bertz CT molecular complexity index is 947. The Morgan fingerprint density at radius 1 is 1.11 bits per heavy atom. The van der Waals surface area contributed by atoms with Crippen LogP contribution in [-0.4, -0.2) is 38.3 Å². The molecule has 1 atom stereocenters. The molecule has 3 amide bonds. The second-order valence-electron chi connectivity index (χ2n) is 6.12. The SMILES string of the molecule is CC(NC(=O)CN(C)S(=O)(=O)c1ccc(F)cc1)c1ccc(NC(N)=O)cc1. The molecule has 0 aromatic heterocycles. The molecular formula is C18H21FN4O4S. The zero-order chi connectivity index (χ0) is 20.9. The van der Waals surface area contributed by atoms with Crippen LogP contribution in [0.2, 0.25) is 0 Å². The van der Waals surface area contributed by atoms with Gasteiger partial charge in [-0.05, 0) is 48.9 Å². The number of anilines is 1. The van der Waals surface area contributed by atoms with Gasteiger partial charge in [-0.2, -0.15) is 4.31 Å². The lowest BCUT2D eigenvalue weighted by Gasteiger charge is -2.19. The molecule has 2 aromatic carbocycles. The second-order valence-corrected chi connectivity index (χ2v) is 8.16. The maximum Gasteiger partial charge on any atom is 0.316 e. The Kier molecular flexibility index (Phi) is 6.71. The molecule has 2 aromatic rings. The number of rotatable bonds is 7. The summed E-state index contributed by atoms with van der Waals surface area (Å²) in [4.78, 5) is 22.9. The minimum absolute atomic E-state index is 0.102.